The molecule has 1 aliphatic heterocycles. The topological polar surface area (TPSA) is 167 Å². The second-order valence-corrected chi connectivity index (χ2v) is 13.5. The Morgan fingerprint density at radius 3 is 2.18 bits per heavy atom. The Labute approximate surface area is 226 Å². The molecule has 2 heterocycles. The number of carbonyl (C=O) groups is 2. The van der Waals surface area contributed by atoms with Crippen molar-refractivity contribution in [3.63, 3.8) is 0 Å². The summed E-state index contributed by atoms with van der Waals surface area (Å²) in [6.07, 6.45) is 1.81. The van der Waals surface area contributed by atoms with E-state index in [4.69, 9.17) is 4.52 Å². The van der Waals surface area contributed by atoms with Crippen LogP contribution in [0.3, 0.4) is 0 Å². The fourth-order valence-corrected chi connectivity index (χ4v) is 8.81. The molecule has 2 aromatic rings. The first-order chi connectivity index (χ1) is 18.3. The third kappa shape index (κ3) is 5.85. The minimum Gasteiger partial charge on any atom is -0.481 e. The van der Waals surface area contributed by atoms with Gasteiger partial charge in [-0.2, -0.15) is 8.61 Å². The third-order valence-electron chi connectivity index (χ3n) is 7.22. The Balaban J connectivity index is 1.75. The molecule has 0 radical (unpaired) electrons. The predicted octanol–water partition coefficient (Wildman–Crippen LogP) is 1.99. The van der Waals surface area contributed by atoms with Crippen LogP contribution >= 0.6 is 0 Å². The van der Waals surface area contributed by atoms with Gasteiger partial charge in [0.05, 0.1) is 11.3 Å². The number of hydrogen-bond acceptors (Lipinski definition) is 8. The molecule has 2 unspecified atom stereocenters. The molecule has 4 rings (SSSR count). The smallest absolute Gasteiger partial charge is 0.305 e. The summed E-state index contributed by atoms with van der Waals surface area (Å²) in [5.41, 5.74) is 0.0393. The number of carbonyl (C=O) groups excluding carboxylic acids is 1. The third-order valence-corrected chi connectivity index (χ3v) is 11.2. The van der Waals surface area contributed by atoms with Gasteiger partial charge in [0.2, 0.25) is 20.0 Å². The molecule has 1 aromatic heterocycles. The number of aliphatic carboxylic acids is 1. The highest BCUT2D eigenvalue weighted by atomic mass is 32.2. The largest absolute Gasteiger partial charge is 0.481 e. The lowest BCUT2D eigenvalue weighted by molar-refractivity contribution is -0.138. The summed E-state index contributed by atoms with van der Waals surface area (Å²) in [4.78, 5) is 24.8. The SMILES string of the molecule is Cc1noc(C)c1S(=O)(=O)N1CCN(S(=O)(=O)c2ccc(F)cc2)C1C(=O)NC(CC(=O)O)C1CCCCC1. The molecular formula is C24H31FN4O8S2. The number of nitrogens with zero attached hydrogens (tertiary/aromatic N) is 3. The van der Waals surface area contributed by atoms with E-state index < -0.39 is 56.4 Å². The summed E-state index contributed by atoms with van der Waals surface area (Å²) in [5, 5.41) is 15.8. The van der Waals surface area contributed by atoms with Crippen LogP contribution < -0.4 is 5.32 Å². The van der Waals surface area contributed by atoms with E-state index in [0.717, 1.165) is 52.1 Å². The molecule has 1 saturated carbocycles. The van der Waals surface area contributed by atoms with Crippen LogP contribution in [-0.2, 0) is 29.6 Å². The zero-order valence-electron chi connectivity index (χ0n) is 21.5. The van der Waals surface area contributed by atoms with Crippen molar-refractivity contribution >= 4 is 31.9 Å². The first-order valence-corrected chi connectivity index (χ1v) is 15.5. The molecule has 39 heavy (non-hydrogen) atoms. The summed E-state index contributed by atoms with van der Waals surface area (Å²) in [5.74, 6) is -2.97. The maximum absolute atomic E-state index is 13.8. The Morgan fingerprint density at radius 1 is 1.05 bits per heavy atom. The monoisotopic (exact) mass is 586 g/mol. The van der Waals surface area contributed by atoms with E-state index in [0.29, 0.717) is 12.8 Å². The predicted molar refractivity (Wildman–Crippen MR) is 135 cm³/mol. The standard InChI is InChI=1S/C24H31FN4O8S2/c1-15-22(16(2)37-27-15)39(35,36)29-13-12-28(38(33,34)19-10-8-18(25)9-11-19)24(29)23(32)26-20(14-21(30)31)17-6-4-3-5-7-17/h8-11,17,20,24H,3-7,12-14H2,1-2H3,(H,26,32)(H,30,31). The van der Waals surface area contributed by atoms with Crippen molar-refractivity contribution in [3.05, 3.63) is 41.5 Å². The molecule has 1 amide bonds. The van der Waals surface area contributed by atoms with Gasteiger partial charge in [-0.3, -0.25) is 9.59 Å². The second kappa shape index (κ2) is 11.3. The summed E-state index contributed by atoms with van der Waals surface area (Å²) >= 11 is 0. The number of sulfonamides is 2. The van der Waals surface area contributed by atoms with Crippen LogP contribution in [0.1, 0.15) is 50.0 Å². The molecule has 1 aliphatic carbocycles. The van der Waals surface area contributed by atoms with Crippen LogP contribution in [0, 0.1) is 25.6 Å². The molecule has 15 heteroatoms. The first kappa shape index (κ1) is 29.1. The van der Waals surface area contributed by atoms with E-state index in [1.165, 1.54) is 13.8 Å². The minimum atomic E-state index is -4.48. The number of nitrogens with one attached hydrogen (secondary N) is 1. The summed E-state index contributed by atoms with van der Waals surface area (Å²) < 4.78 is 74.7. The maximum Gasteiger partial charge on any atom is 0.305 e. The van der Waals surface area contributed by atoms with Crippen LogP contribution in [0.5, 0.6) is 0 Å². The molecular weight excluding hydrogens is 555 g/mol. The molecule has 2 N–H and O–H groups in total. The number of benzene rings is 1. The van der Waals surface area contributed by atoms with Gasteiger partial charge >= 0.3 is 5.97 Å². The normalized spacial score (nSPS) is 20.6. The quantitative estimate of drug-likeness (QED) is 0.447. The lowest BCUT2D eigenvalue weighted by Crippen LogP contribution is -2.56. The zero-order chi connectivity index (χ0) is 28.5. The minimum absolute atomic E-state index is 0.0301. The molecule has 2 fully saturated rings. The molecule has 1 saturated heterocycles. The zero-order valence-corrected chi connectivity index (χ0v) is 23.2. The average molecular weight is 587 g/mol. The summed E-state index contributed by atoms with van der Waals surface area (Å²) in [6.45, 7) is 2.07. The van der Waals surface area contributed by atoms with E-state index in [1.54, 1.807) is 0 Å². The van der Waals surface area contributed by atoms with Crippen molar-refractivity contribution in [1.82, 2.24) is 19.1 Å². The van der Waals surface area contributed by atoms with Crippen LogP contribution in [0.2, 0.25) is 0 Å². The second-order valence-electron chi connectivity index (χ2n) is 9.82. The Hall–Kier alpha value is -2.88. The average Bonchev–Trinajstić information content (AvgIpc) is 3.49. The molecule has 214 valence electrons. The lowest BCUT2D eigenvalue weighted by Gasteiger charge is -2.33. The number of hydrogen-bond donors (Lipinski definition) is 2. The van der Waals surface area contributed by atoms with Crippen LogP contribution in [0.25, 0.3) is 0 Å². The number of aryl methyl sites for hydroxylation is 2. The molecule has 2 aliphatic rings. The highest BCUT2D eigenvalue weighted by molar-refractivity contribution is 7.90. The first-order valence-electron chi connectivity index (χ1n) is 12.6. The summed E-state index contributed by atoms with van der Waals surface area (Å²) in [7, 11) is -8.95. The number of carboxylic acids is 1. The molecule has 12 nitrogen and oxygen atoms in total. The number of aromatic nitrogens is 1. The van der Waals surface area contributed by atoms with E-state index in [-0.39, 0.29) is 40.3 Å². The Bertz CT molecular complexity index is 1420. The van der Waals surface area contributed by atoms with Crippen molar-refractivity contribution < 1.29 is 40.4 Å². The van der Waals surface area contributed by atoms with Crippen molar-refractivity contribution in [2.45, 2.75) is 74.4 Å². The van der Waals surface area contributed by atoms with Crippen molar-refractivity contribution in [2.24, 2.45) is 5.92 Å². The summed E-state index contributed by atoms with van der Waals surface area (Å²) in [6, 6.07) is 3.13. The van der Waals surface area contributed by atoms with Crippen molar-refractivity contribution in [3.8, 4) is 0 Å². The highest BCUT2D eigenvalue weighted by Crippen LogP contribution is 2.33. The van der Waals surface area contributed by atoms with Gasteiger partial charge in [-0.15, -0.1) is 0 Å². The maximum atomic E-state index is 13.8. The van der Waals surface area contributed by atoms with Gasteiger partial charge < -0.3 is 14.9 Å². The molecule has 0 spiro atoms. The van der Waals surface area contributed by atoms with Gasteiger partial charge in [0.25, 0.3) is 5.91 Å². The number of rotatable bonds is 9. The molecule has 0 bridgehead atoms. The Kier molecular flexibility index (Phi) is 8.44. The van der Waals surface area contributed by atoms with Crippen LogP contribution in [-0.4, -0.2) is 72.9 Å². The van der Waals surface area contributed by atoms with Gasteiger partial charge in [-0.05, 0) is 56.9 Å². The fourth-order valence-electron chi connectivity index (χ4n) is 5.37. The van der Waals surface area contributed by atoms with E-state index >= 15 is 0 Å². The van der Waals surface area contributed by atoms with Gasteiger partial charge in [0.15, 0.2) is 11.9 Å². The van der Waals surface area contributed by atoms with E-state index in [1.807, 2.05) is 0 Å². The van der Waals surface area contributed by atoms with E-state index in [9.17, 15) is 35.9 Å². The molecule has 1 aromatic carbocycles. The van der Waals surface area contributed by atoms with Crippen LogP contribution in [0.15, 0.2) is 38.6 Å². The Morgan fingerprint density at radius 2 is 1.64 bits per heavy atom. The van der Waals surface area contributed by atoms with Gasteiger partial charge in [0, 0.05) is 19.1 Å². The van der Waals surface area contributed by atoms with E-state index in [2.05, 4.69) is 10.5 Å². The number of amides is 1. The number of halogens is 1. The van der Waals surface area contributed by atoms with Crippen molar-refractivity contribution in [2.75, 3.05) is 13.1 Å². The highest BCUT2D eigenvalue weighted by Gasteiger charge is 2.51. The van der Waals surface area contributed by atoms with Gasteiger partial charge in [-0.25, -0.2) is 21.2 Å². The van der Waals surface area contributed by atoms with Crippen molar-refractivity contribution in [1.29, 1.82) is 0 Å². The van der Waals surface area contributed by atoms with Gasteiger partial charge in [0.1, 0.15) is 16.4 Å². The van der Waals surface area contributed by atoms with Gasteiger partial charge in [-0.1, -0.05) is 24.4 Å². The number of carboxylic acid groups (broad SMARTS) is 1. The fraction of sp³-hybridized carbons (Fsp3) is 0.542. The lowest BCUT2D eigenvalue weighted by atomic mass is 9.82. The molecule has 2 atom stereocenters. The van der Waals surface area contributed by atoms with Crippen LogP contribution in [0.4, 0.5) is 4.39 Å².